The van der Waals surface area contributed by atoms with Crippen molar-refractivity contribution in [2.75, 3.05) is 25.0 Å². The molecule has 0 aromatic heterocycles. The van der Waals surface area contributed by atoms with E-state index in [1.54, 1.807) is 0 Å². The van der Waals surface area contributed by atoms with Gasteiger partial charge in [-0.15, -0.1) is 0 Å². The standard InChI is InChI=1S/C18H28N2O/c1-14(2)20-11-5-9-18(3,13-20)21-16-8-7-15-6-4-10-19-17(15)12-16/h7-8,12,14,19H,4-6,9-11,13H2,1-3H3. The lowest BCUT2D eigenvalue weighted by Gasteiger charge is -2.42. The van der Waals surface area contributed by atoms with Crippen LogP contribution in [0.1, 0.15) is 45.6 Å². The Morgan fingerprint density at radius 2 is 2.14 bits per heavy atom. The number of hydrogen-bond acceptors (Lipinski definition) is 3. The first-order valence-corrected chi connectivity index (χ1v) is 8.36. The van der Waals surface area contributed by atoms with E-state index in [-0.39, 0.29) is 5.60 Å². The van der Waals surface area contributed by atoms with Crippen molar-refractivity contribution in [2.24, 2.45) is 0 Å². The van der Waals surface area contributed by atoms with Crippen LogP contribution in [0.2, 0.25) is 0 Å². The fourth-order valence-electron chi connectivity index (χ4n) is 3.56. The van der Waals surface area contributed by atoms with E-state index in [0.717, 1.165) is 25.3 Å². The molecule has 1 N–H and O–H groups in total. The monoisotopic (exact) mass is 288 g/mol. The van der Waals surface area contributed by atoms with Crippen molar-refractivity contribution < 1.29 is 4.74 Å². The first-order chi connectivity index (χ1) is 10.1. The summed E-state index contributed by atoms with van der Waals surface area (Å²) in [7, 11) is 0. The van der Waals surface area contributed by atoms with Crippen molar-refractivity contribution in [3.05, 3.63) is 23.8 Å². The molecular weight excluding hydrogens is 260 g/mol. The van der Waals surface area contributed by atoms with Crippen LogP contribution in [0.3, 0.4) is 0 Å². The molecule has 2 aliphatic rings. The number of hydrogen-bond donors (Lipinski definition) is 1. The van der Waals surface area contributed by atoms with E-state index in [4.69, 9.17) is 4.74 Å². The largest absolute Gasteiger partial charge is 0.486 e. The average Bonchev–Trinajstić information content (AvgIpc) is 2.46. The Hall–Kier alpha value is -1.22. The minimum Gasteiger partial charge on any atom is -0.486 e. The van der Waals surface area contributed by atoms with Gasteiger partial charge in [-0.2, -0.15) is 0 Å². The van der Waals surface area contributed by atoms with Crippen molar-refractivity contribution in [3.63, 3.8) is 0 Å². The van der Waals surface area contributed by atoms with Gasteiger partial charge in [0, 0.05) is 30.9 Å². The lowest BCUT2D eigenvalue weighted by atomic mass is 9.93. The highest BCUT2D eigenvalue weighted by Gasteiger charge is 2.34. The highest BCUT2D eigenvalue weighted by atomic mass is 16.5. The number of nitrogens with zero attached hydrogens (tertiary/aromatic N) is 1. The number of fused-ring (bicyclic) bond motifs is 1. The summed E-state index contributed by atoms with van der Waals surface area (Å²) in [4.78, 5) is 2.53. The van der Waals surface area contributed by atoms with Crippen LogP contribution in [-0.2, 0) is 6.42 Å². The van der Waals surface area contributed by atoms with Gasteiger partial charge in [-0.05, 0) is 64.6 Å². The topological polar surface area (TPSA) is 24.5 Å². The molecule has 0 aliphatic carbocycles. The Balaban J connectivity index is 1.73. The van der Waals surface area contributed by atoms with Gasteiger partial charge in [0.1, 0.15) is 11.4 Å². The van der Waals surface area contributed by atoms with Crippen molar-refractivity contribution >= 4 is 5.69 Å². The molecule has 21 heavy (non-hydrogen) atoms. The van der Waals surface area contributed by atoms with Crippen LogP contribution in [-0.4, -0.2) is 36.2 Å². The zero-order valence-electron chi connectivity index (χ0n) is 13.6. The molecule has 1 fully saturated rings. The predicted octanol–water partition coefficient (Wildman–Crippen LogP) is 3.69. The third-order valence-electron chi connectivity index (χ3n) is 4.80. The Kier molecular flexibility index (Phi) is 4.12. The van der Waals surface area contributed by atoms with Gasteiger partial charge in [-0.3, -0.25) is 4.90 Å². The second-order valence-corrected chi connectivity index (χ2v) is 7.07. The van der Waals surface area contributed by atoms with Gasteiger partial charge < -0.3 is 10.1 Å². The van der Waals surface area contributed by atoms with Crippen molar-refractivity contribution in [2.45, 2.75) is 58.1 Å². The van der Waals surface area contributed by atoms with E-state index >= 15 is 0 Å². The molecule has 3 heteroatoms. The van der Waals surface area contributed by atoms with Gasteiger partial charge in [0.05, 0.1) is 0 Å². The van der Waals surface area contributed by atoms with Crippen LogP contribution in [0.25, 0.3) is 0 Å². The molecule has 0 saturated carbocycles. The number of piperidine rings is 1. The summed E-state index contributed by atoms with van der Waals surface area (Å²) in [5.74, 6) is 1.01. The quantitative estimate of drug-likeness (QED) is 0.918. The molecule has 1 aromatic carbocycles. The molecule has 1 unspecified atom stereocenters. The molecule has 0 amide bonds. The van der Waals surface area contributed by atoms with E-state index in [1.807, 2.05) is 0 Å². The summed E-state index contributed by atoms with van der Waals surface area (Å²) < 4.78 is 6.41. The maximum absolute atomic E-state index is 6.41. The molecule has 3 rings (SSSR count). The van der Waals surface area contributed by atoms with Crippen LogP contribution < -0.4 is 10.1 Å². The molecule has 1 atom stereocenters. The first kappa shape index (κ1) is 14.7. The summed E-state index contributed by atoms with van der Waals surface area (Å²) in [5, 5.41) is 3.49. The lowest BCUT2D eigenvalue weighted by Crippen LogP contribution is -2.51. The molecular formula is C18H28N2O. The Bertz CT molecular complexity index is 500. The number of aryl methyl sites for hydroxylation is 1. The van der Waals surface area contributed by atoms with E-state index in [1.165, 1.54) is 37.1 Å². The molecule has 0 spiro atoms. The van der Waals surface area contributed by atoms with Crippen LogP contribution in [0.15, 0.2) is 18.2 Å². The number of benzene rings is 1. The highest BCUT2D eigenvalue weighted by molar-refractivity contribution is 5.56. The summed E-state index contributed by atoms with van der Waals surface area (Å²) in [6, 6.07) is 7.15. The maximum atomic E-state index is 6.41. The molecule has 0 radical (unpaired) electrons. The van der Waals surface area contributed by atoms with Gasteiger partial charge >= 0.3 is 0 Å². The SMILES string of the molecule is CC(C)N1CCCC(C)(Oc2ccc3c(c2)NCCC3)C1. The average molecular weight is 288 g/mol. The zero-order valence-corrected chi connectivity index (χ0v) is 13.6. The number of likely N-dealkylation sites (tertiary alicyclic amines) is 1. The fraction of sp³-hybridized carbons (Fsp3) is 0.667. The number of rotatable bonds is 3. The molecule has 1 aromatic rings. The normalized spacial score (nSPS) is 26.3. The lowest BCUT2D eigenvalue weighted by molar-refractivity contribution is -0.00525. The van der Waals surface area contributed by atoms with E-state index < -0.39 is 0 Å². The molecule has 2 aliphatic heterocycles. The number of anilines is 1. The van der Waals surface area contributed by atoms with Crippen LogP contribution in [0, 0.1) is 0 Å². The van der Waals surface area contributed by atoms with Crippen molar-refractivity contribution in [1.82, 2.24) is 4.90 Å². The third-order valence-corrected chi connectivity index (χ3v) is 4.80. The highest BCUT2D eigenvalue weighted by Crippen LogP contribution is 2.32. The molecule has 116 valence electrons. The maximum Gasteiger partial charge on any atom is 0.122 e. The van der Waals surface area contributed by atoms with Gasteiger partial charge in [-0.25, -0.2) is 0 Å². The van der Waals surface area contributed by atoms with Crippen LogP contribution >= 0.6 is 0 Å². The molecule has 1 saturated heterocycles. The molecule has 3 nitrogen and oxygen atoms in total. The van der Waals surface area contributed by atoms with Gasteiger partial charge in [0.2, 0.25) is 0 Å². The van der Waals surface area contributed by atoms with E-state index in [9.17, 15) is 0 Å². The van der Waals surface area contributed by atoms with E-state index in [0.29, 0.717) is 6.04 Å². The second-order valence-electron chi connectivity index (χ2n) is 7.07. The molecule has 2 heterocycles. The van der Waals surface area contributed by atoms with E-state index in [2.05, 4.69) is 49.2 Å². The van der Waals surface area contributed by atoms with Crippen LogP contribution in [0.5, 0.6) is 5.75 Å². The van der Waals surface area contributed by atoms with Gasteiger partial charge in [-0.1, -0.05) is 6.07 Å². The van der Waals surface area contributed by atoms with Gasteiger partial charge in [0.15, 0.2) is 0 Å². The minimum atomic E-state index is -0.0641. The summed E-state index contributed by atoms with van der Waals surface area (Å²) >= 11 is 0. The summed E-state index contributed by atoms with van der Waals surface area (Å²) in [6.07, 6.45) is 4.77. The van der Waals surface area contributed by atoms with Crippen molar-refractivity contribution in [3.8, 4) is 5.75 Å². The minimum absolute atomic E-state index is 0.0641. The first-order valence-electron chi connectivity index (χ1n) is 8.36. The smallest absolute Gasteiger partial charge is 0.122 e. The Morgan fingerprint density at radius 3 is 2.95 bits per heavy atom. The third kappa shape index (κ3) is 3.34. The zero-order chi connectivity index (χ0) is 14.9. The molecule has 0 bridgehead atoms. The van der Waals surface area contributed by atoms with Crippen LogP contribution in [0.4, 0.5) is 5.69 Å². The van der Waals surface area contributed by atoms with Crippen molar-refractivity contribution in [1.29, 1.82) is 0 Å². The second kappa shape index (κ2) is 5.88. The number of nitrogens with one attached hydrogen (secondary N) is 1. The summed E-state index contributed by atoms with van der Waals surface area (Å²) in [5.41, 5.74) is 2.62. The predicted molar refractivity (Wildman–Crippen MR) is 88.2 cm³/mol. The number of ether oxygens (including phenoxy) is 1. The Labute approximate surface area is 128 Å². The fourth-order valence-corrected chi connectivity index (χ4v) is 3.56. The summed E-state index contributed by atoms with van der Waals surface area (Å²) in [6.45, 7) is 10.1. The Morgan fingerprint density at radius 1 is 1.29 bits per heavy atom. The van der Waals surface area contributed by atoms with Gasteiger partial charge in [0.25, 0.3) is 0 Å².